The Bertz CT molecular complexity index is 996. The van der Waals surface area contributed by atoms with Crippen molar-refractivity contribution in [2.45, 2.75) is 38.4 Å². The molecule has 2 fully saturated rings. The lowest BCUT2D eigenvalue weighted by Crippen LogP contribution is -2.29. The molecule has 0 radical (unpaired) electrons. The lowest BCUT2D eigenvalue weighted by Gasteiger charge is -2.19. The van der Waals surface area contributed by atoms with Crippen molar-refractivity contribution in [1.29, 1.82) is 0 Å². The predicted molar refractivity (Wildman–Crippen MR) is 107 cm³/mol. The molecule has 2 aromatic rings. The Morgan fingerprint density at radius 1 is 1.14 bits per heavy atom. The number of hydrogen-bond acceptors (Lipinski definition) is 4. The maximum atomic E-state index is 13.2. The van der Waals surface area contributed by atoms with E-state index in [1.54, 1.807) is 12.1 Å². The number of para-hydroxylation sites is 1. The number of hydrogen-bond donors (Lipinski definition) is 1. The van der Waals surface area contributed by atoms with Crippen molar-refractivity contribution in [3.63, 3.8) is 0 Å². The average Bonchev–Trinajstić information content (AvgIpc) is 3.37. The average molecular weight is 397 g/mol. The molecule has 1 N–H and O–H groups in total. The fraction of sp³-hybridized carbons (Fsp3) is 0.348. The summed E-state index contributed by atoms with van der Waals surface area (Å²) >= 11 is 6.21. The van der Waals surface area contributed by atoms with Gasteiger partial charge in [-0.1, -0.05) is 36.7 Å². The molecule has 28 heavy (non-hydrogen) atoms. The first kappa shape index (κ1) is 17.8. The second-order valence-electron chi connectivity index (χ2n) is 7.67. The van der Waals surface area contributed by atoms with Gasteiger partial charge in [0.25, 0.3) is 0 Å². The van der Waals surface area contributed by atoms with Crippen LogP contribution < -0.4 is 4.74 Å². The van der Waals surface area contributed by atoms with Crippen molar-refractivity contribution in [3.05, 3.63) is 64.4 Å². The van der Waals surface area contributed by atoms with Crippen LogP contribution in [-0.4, -0.2) is 23.1 Å². The number of carbonyl (C=O) groups is 1. The highest BCUT2D eigenvalue weighted by molar-refractivity contribution is 6.32. The number of ketones is 1. The van der Waals surface area contributed by atoms with Crippen LogP contribution in [0.2, 0.25) is 5.02 Å². The van der Waals surface area contributed by atoms with E-state index in [1.807, 2.05) is 37.3 Å². The van der Waals surface area contributed by atoms with Crippen molar-refractivity contribution in [3.8, 4) is 11.5 Å². The minimum atomic E-state index is -0.244. The molecule has 2 heterocycles. The predicted octanol–water partition coefficient (Wildman–Crippen LogP) is 5.34. The van der Waals surface area contributed by atoms with E-state index in [9.17, 15) is 9.90 Å². The monoisotopic (exact) mass is 396 g/mol. The zero-order valence-corrected chi connectivity index (χ0v) is 16.3. The molecular weight excluding hydrogens is 376 g/mol. The Balaban J connectivity index is 1.56. The summed E-state index contributed by atoms with van der Waals surface area (Å²) < 4.78 is 11.8. The Hall–Kier alpha value is -2.30. The summed E-state index contributed by atoms with van der Waals surface area (Å²) in [7, 11) is 0. The van der Waals surface area contributed by atoms with Crippen LogP contribution in [-0.2, 0) is 16.0 Å². The molecule has 2 aromatic carbocycles. The van der Waals surface area contributed by atoms with Crippen molar-refractivity contribution < 1.29 is 19.4 Å². The maximum Gasteiger partial charge on any atom is 0.173 e. The highest BCUT2D eigenvalue weighted by Gasteiger charge is 2.59. The minimum absolute atomic E-state index is 0.000654. The third-order valence-electron chi connectivity index (χ3n) is 6.19. The molecule has 5 rings (SSSR count). The van der Waals surface area contributed by atoms with Gasteiger partial charge >= 0.3 is 0 Å². The van der Waals surface area contributed by atoms with Gasteiger partial charge in [-0.25, -0.2) is 0 Å². The number of halogens is 1. The number of carbonyl (C=O) groups excluding carboxylic acids is 1. The molecule has 0 aromatic heterocycles. The lowest BCUT2D eigenvalue weighted by molar-refractivity contribution is -0.118. The van der Waals surface area contributed by atoms with E-state index in [-0.39, 0.29) is 35.6 Å². The van der Waals surface area contributed by atoms with E-state index in [4.69, 9.17) is 21.1 Å². The summed E-state index contributed by atoms with van der Waals surface area (Å²) in [5, 5.41) is 11.5. The van der Waals surface area contributed by atoms with Gasteiger partial charge in [0.1, 0.15) is 17.3 Å². The molecule has 2 bridgehead atoms. The number of aliphatic hydroxyl groups excluding tert-OH is 1. The van der Waals surface area contributed by atoms with Gasteiger partial charge in [-0.05, 0) is 54.7 Å². The largest absolute Gasteiger partial charge is 0.511 e. The Labute approximate surface area is 168 Å². The summed E-state index contributed by atoms with van der Waals surface area (Å²) in [5.41, 5.74) is 2.20. The van der Waals surface area contributed by atoms with Gasteiger partial charge in [0.2, 0.25) is 0 Å². The number of rotatable bonds is 4. The van der Waals surface area contributed by atoms with Crippen LogP contribution in [0.15, 0.2) is 48.2 Å². The fourth-order valence-electron chi connectivity index (χ4n) is 4.90. The maximum absolute atomic E-state index is 13.2. The van der Waals surface area contributed by atoms with Crippen molar-refractivity contribution in [2.75, 3.05) is 0 Å². The van der Waals surface area contributed by atoms with E-state index in [1.165, 1.54) is 0 Å². The normalized spacial score (nSPS) is 28.1. The molecule has 0 saturated carbocycles. The quantitative estimate of drug-likeness (QED) is 0.757. The summed E-state index contributed by atoms with van der Waals surface area (Å²) in [6, 6.07) is 12.9. The zero-order chi connectivity index (χ0) is 19.4. The number of Topliss-reactive ketones (excluding diaryl/α,β-unsaturated/α-hetero) is 1. The van der Waals surface area contributed by atoms with Crippen molar-refractivity contribution in [1.82, 2.24) is 0 Å². The molecule has 0 unspecified atom stereocenters. The van der Waals surface area contributed by atoms with Crippen LogP contribution >= 0.6 is 11.6 Å². The van der Waals surface area contributed by atoms with Crippen molar-refractivity contribution >= 4 is 23.0 Å². The number of aliphatic hydroxyl groups is 1. The van der Waals surface area contributed by atoms with Gasteiger partial charge in [0, 0.05) is 0 Å². The minimum Gasteiger partial charge on any atom is -0.511 e. The number of benzene rings is 2. The van der Waals surface area contributed by atoms with Crippen LogP contribution in [0.25, 0.3) is 5.57 Å². The zero-order valence-electron chi connectivity index (χ0n) is 15.5. The Morgan fingerprint density at radius 2 is 1.89 bits per heavy atom. The number of aryl methyl sites for hydroxylation is 1. The van der Waals surface area contributed by atoms with Gasteiger partial charge in [0.05, 0.1) is 34.6 Å². The topological polar surface area (TPSA) is 55.8 Å². The van der Waals surface area contributed by atoms with E-state index in [0.717, 1.165) is 30.4 Å². The summed E-state index contributed by atoms with van der Waals surface area (Å²) in [6.07, 6.45) is 2.46. The van der Waals surface area contributed by atoms with Crippen LogP contribution in [0.1, 0.15) is 30.9 Å². The fourth-order valence-corrected chi connectivity index (χ4v) is 5.08. The number of allylic oxidation sites excluding steroid dienone is 1. The van der Waals surface area contributed by atoms with E-state index >= 15 is 0 Å². The Kier molecular flexibility index (Phi) is 4.22. The summed E-state index contributed by atoms with van der Waals surface area (Å²) in [4.78, 5) is 13.2. The second kappa shape index (κ2) is 6.64. The molecule has 2 saturated heterocycles. The van der Waals surface area contributed by atoms with Crippen LogP contribution in [0.3, 0.4) is 0 Å². The van der Waals surface area contributed by atoms with E-state index < -0.39 is 0 Å². The van der Waals surface area contributed by atoms with Crippen LogP contribution in [0, 0.1) is 11.8 Å². The highest BCUT2D eigenvalue weighted by atomic mass is 35.5. The molecule has 4 atom stereocenters. The molecule has 3 aliphatic rings. The SMILES string of the molecule is CCc1ccc(Oc2ccccc2Cl)cc1C1=C(O)[C@H]2[C@@H](C1=O)[C@H]1CC[C@@H]2O1. The van der Waals surface area contributed by atoms with E-state index in [0.29, 0.717) is 22.1 Å². The third-order valence-corrected chi connectivity index (χ3v) is 6.50. The van der Waals surface area contributed by atoms with Gasteiger partial charge in [-0.15, -0.1) is 0 Å². The summed E-state index contributed by atoms with van der Waals surface area (Å²) in [6.45, 7) is 2.04. The molecule has 4 nitrogen and oxygen atoms in total. The van der Waals surface area contributed by atoms with Crippen molar-refractivity contribution in [2.24, 2.45) is 11.8 Å². The first-order valence-corrected chi connectivity index (χ1v) is 10.1. The van der Waals surface area contributed by atoms with Crippen LogP contribution in [0.4, 0.5) is 0 Å². The smallest absolute Gasteiger partial charge is 0.173 e. The van der Waals surface area contributed by atoms with Gasteiger partial charge in [0.15, 0.2) is 5.78 Å². The summed E-state index contributed by atoms with van der Waals surface area (Å²) in [5.74, 6) is 0.889. The highest BCUT2D eigenvalue weighted by Crippen LogP contribution is 2.54. The first-order valence-electron chi connectivity index (χ1n) is 9.77. The molecule has 2 aliphatic heterocycles. The first-order chi connectivity index (χ1) is 13.6. The molecule has 1 aliphatic carbocycles. The van der Waals surface area contributed by atoms with E-state index in [2.05, 4.69) is 0 Å². The number of fused-ring (bicyclic) bond motifs is 5. The van der Waals surface area contributed by atoms with Gasteiger partial charge < -0.3 is 14.6 Å². The Morgan fingerprint density at radius 3 is 2.61 bits per heavy atom. The third kappa shape index (κ3) is 2.59. The van der Waals surface area contributed by atoms with Gasteiger partial charge in [-0.2, -0.15) is 0 Å². The molecule has 0 spiro atoms. The second-order valence-corrected chi connectivity index (χ2v) is 8.08. The lowest BCUT2D eigenvalue weighted by atomic mass is 9.80. The molecule has 0 amide bonds. The van der Waals surface area contributed by atoms with Gasteiger partial charge in [-0.3, -0.25) is 4.79 Å². The van der Waals surface area contributed by atoms with Crippen LogP contribution in [0.5, 0.6) is 11.5 Å². The standard InChI is InChI=1S/C23H21ClO4/c1-2-12-7-8-13(27-16-6-4-3-5-15(16)24)11-14(12)19-22(25)20-17-9-10-18(28-17)21(20)23(19)26/h3-8,11,17-18,20-21,25H,2,9-10H2,1H3/t17-,18+,20+,21-/m0/s1. The molecule has 5 heteroatoms. The number of ether oxygens (including phenoxy) is 2. The molecular formula is C23H21ClO4. The molecule has 144 valence electrons.